The van der Waals surface area contributed by atoms with Gasteiger partial charge >= 0.3 is 0 Å². The summed E-state index contributed by atoms with van der Waals surface area (Å²) in [6, 6.07) is 4.78. The van der Waals surface area contributed by atoms with Crippen LogP contribution in [0.5, 0.6) is 5.75 Å². The van der Waals surface area contributed by atoms with Gasteiger partial charge in [0.2, 0.25) is 18.1 Å². The van der Waals surface area contributed by atoms with E-state index in [0.29, 0.717) is 29.6 Å². The maximum atomic E-state index is 13.8. The highest BCUT2D eigenvalue weighted by molar-refractivity contribution is 6.01. The van der Waals surface area contributed by atoms with Crippen LogP contribution in [0.1, 0.15) is 43.6 Å². The maximum Gasteiger partial charge on any atom is 0.282 e. The zero-order valence-corrected chi connectivity index (χ0v) is 21.9. The molecule has 212 valence electrons. The second-order valence-electron chi connectivity index (χ2n) is 9.90. The van der Waals surface area contributed by atoms with Crippen LogP contribution in [0, 0.1) is 23.2 Å². The Morgan fingerprint density at radius 3 is 2.56 bits per heavy atom. The fourth-order valence-corrected chi connectivity index (χ4v) is 4.59. The van der Waals surface area contributed by atoms with Crippen molar-refractivity contribution in [3.05, 3.63) is 30.0 Å². The summed E-state index contributed by atoms with van der Waals surface area (Å²) >= 11 is 0. The molecule has 1 fully saturated rings. The van der Waals surface area contributed by atoms with Crippen LogP contribution in [0.3, 0.4) is 0 Å². The summed E-state index contributed by atoms with van der Waals surface area (Å²) < 4.78 is 44.9. The fraction of sp³-hybridized carbons (Fsp3) is 0.538. The highest BCUT2D eigenvalue weighted by atomic mass is 19.3. The summed E-state index contributed by atoms with van der Waals surface area (Å²) in [6.45, 7) is 4.08. The van der Waals surface area contributed by atoms with Crippen LogP contribution in [0.15, 0.2) is 24.3 Å². The summed E-state index contributed by atoms with van der Waals surface area (Å²) in [5.41, 5.74) is 0.839. The number of carbonyl (C=O) groups is 3. The smallest absolute Gasteiger partial charge is 0.282 e. The van der Waals surface area contributed by atoms with Crippen molar-refractivity contribution in [3.8, 4) is 11.8 Å². The summed E-state index contributed by atoms with van der Waals surface area (Å²) in [7, 11) is 1.51. The first-order valence-electron chi connectivity index (χ1n) is 12.7. The third kappa shape index (κ3) is 7.63. The van der Waals surface area contributed by atoms with Gasteiger partial charge in [-0.15, -0.1) is 0 Å². The second-order valence-corrected chi connectivity index (χ2v) is 9.90. The Bertz CT molecular complexity index is 1210. The Hall–Kier alpha value is -3.79. The molecule has 39 heavy (non-hydrogen) atoms. The van der Waals surface area contributed by atoms with Crippen molar-refractivity contribution in [2.24, 2.45) is 11.8 Å². The lowest BCUT2D eigenvalue weighted by Crippen LogP contribution is -2.57. The lowest BCUT2D eigenvalue weighted by atomic mass is 9.93. The van der Waals surface area contributed by atoms with Gasteiger partial charge in [0.25, 0.3) is 12.3 Å². The van der Waals surface area contributed by atoms with Gasteiger partial charge in [0.05, 0.1) is 19.2 Å². The molecule has 1 aliphatic rings. The molecule has 5 N–H and O–H groups in total. The molecule has 10 nitrogen and oxygen atoms in total. The molecule has 2 unspecified atom stereocenters. The van der Waals surface area contributed by atoms with Crippen LogP contribution >= 0.6 is 0 Å². The van der Waals surface area contributed by atoms with Crippen LogP contribution < -0.4 is 26.0 Å². The van der Waals surface area contributed by atoms with Crippen LogP contribution in [0.25, 0.3) is 10.9 Å². The number of aromatic amines is 1. The number of methoxy groups -OCH3 is 1. The average molecular weight is 551 g/mol. The van der Waals surface area contributed by atoms with Gasteiger partial charge in [0.1, 0.15) is 23.5 Å². The lowest BCUT2D eigenvalue weighted by Gasteiger charge is -2.29. The Balaban J connectivity index is 1.81. The number of amides is 3. The molecule has 1 saturated heterocycles. The van der Waals surface area contributed by atoms with E-state index in [1.54, 1.807) is 30.3 Å². The van der Waals surface area contributed by atoms with Gasteiger partial charge in [-0.05, 0) is 43.4 Å². The van der Waals surface area contributed by atoms with Crippen LogP contribution in [0.4, 0.5) is 13.2 Å². The number of aromatic nitrogens is 1. The molecule has 5 atom stereocenters. The molecule has 3 rings (SSSR count). The first-order chi connectivity index (χ1) is 18.5. The number of nitrogens with one attached hydrogen (secondary N) is 5. The minimum atomic E-state index is -3.39. The van der Waals surface area contributed by atoms with E-state index in [1.807, 2.05) is 19.2 Å². The van der Waals surface area contributed by atoms with Gasteiger partial charge in [-0.1, -0.05) is 19.9 Å². The number of ether oxygens (including phenoxy) is 1. The molecule has 3 amide bonds. The molecule has 0 aliphatic carbocycles. The monoisotopic (exact) mass is 550 g/mol. The number of benzene rings is 1. The maximum absolute atomic E-state index is 13.8. The number of rotatable bonds is 13. The minimum absolute atomic E-state index is 0.0399. The van der Waals surface area contributed by atoms with Crippen molar-refractivity contribution in [2.75, 3.05) is 13.7 Å². The highest BCUT2D eigenvalue weighted by Crippen LogP contribution is 2.26. The lowest BCUT2D eigenvalue weighted by molar-refractivity contribution is -0.126. The molecule has 0 bridgehead atoms. The largest absolute Gasteiger partial charge is 0.496 e. The first kappa shape index (κ1) is 29.8. The number of H-pyrrole nitrogens is 1. The predicted octanol–water partition coefficient (Wildman–Crippen LogP) is 2.37. The van der Waals surface area contributed by atoms with E-state index in [9.17, 15) is 32.8 Å². The molecule has 0 spiro atoms. The number of hydrogen-bond acceptors (Lipinski definition) is 6. The second kappa shape index (κ2) is 13.3. The molecule has 2 heterocycles. The van der Waals surface area contributed by atoms with Gasteiger partial charge in [-0.2, -0.15) is 5.26 Å². The number of fused-ring (bicyclic) bond motifs is 1. The molecule has 1 aromatic heterocycles. The van der Waals surface area contributed by atoms with E-state index in [4.69, 9.17) is 4.74 Å². The van der Waals surface area contributed by atoms with Crippen LogP contribution in [-0.2, 0) is 9.59 Å². The van der Waals surface area contributed by atoms with Gasteiger partial charge in [0, 0.05) is 23.4 Å². The number of carbonyl (C=O) groups excluding carboxylic acids is 3. The van der Waals surface area contributed by atoms with Gasteiger partial charge in [-0.25, -0.2) is 13.2 Å². The predicted molar refractivity (Wildman–Crippen MR) is 137 cm³/mol. The number of halogens is 3. The number of nitrogens with zero attached hydrogens (tertiary/aromatic N) is 1. The standard InChI is InChI=1S/C26H33F3N6O4/c1-13(2)9-18(35-26(38)19-11-15-16(32-19)5-4-6-21(15)39-3)25(37)34-17(10-14-7-8-31-24(14)36)20(12-30)33-23(29)22(27)28/h4-6,11,13-14,17-18,20,22-23,32-33H,7-10H2,1-3H3,(H,31,36)(H,34,37)(H,35,38)/t14-,17-,18-,20?,23?/m0/s1. The highest BCUT2D eigenvalue weighted by Gasteiger charge is 2.36. The van der Waals surface area contributed by atoms with Crippen molar-refractivity contribution in [3.63, 3.8) is 0 Å². The quantitative estimate of drug-likeness (QED) is 0.242. The number of alkyl halides is 3. The van der Waals surface area contributed by atoms with E-state index in [1.165, 1.54) is 7.11 Å². The molecule has 1 aliphatic heterocycles. The molecular formula is C26H33F3N6O4. The zero-order chi connectivity index (χ0) is 28.7. The molecule has 0 saturated carbocycles. The van der Waals surface area contributed by atoms with E-state index in [0.717, 1.165) is 0 Å². The van der Waals surface area contributed by atoms with Crippen LogP contribution in [0.2, 0.25) is 0 Å². The topological polar surface area (TPSA) is 148 Å². The van der Waals surface area contributed by atoms with E-state index in [-0.39, 0.29) is 30.4 Å². The summed E-state index contributed by atoms with van der Waals surface area (Å²) in [5, 5.41) is 20.1. The third-order valence-electron chi connectivity index (χ3n) is 6.55. The number of nitriles is 1. The van der Waals surface area contributed by atoms with Crippen molar-refractivity contribution < 1.29 is 32.3 Å². The Morgan fingerprint density at radius 1 is 1.23 bits per heavy atom. The molecule has 0 radical (unpaired) electrons. The SMILES string of the molecule is COc1cccc2[nH]c(C(=O)N[C@@H](CC(C)C)C(=O)N[C@@H](C[C@@H]3CCNC3=O)C(C#N)NC(F)C(F)F)cc12. The normalized spacial score (nSPS) is 18.3. The minimum Gasteiger partial charge on any atom is -0.496 e. The van der Waals surface area contributed by atoms with Crippen LogP contribution in [-0.4, -0.2) is 67.2 Å². The molecular weight excluding hydrogens is 517 g/mol. The third-order valence-corrected chi connectivity index (χ3v) is 6.55. The Labute approximate surface area is 224 Å². The Kier molecular flexibility index (Phi) is 10.2. The van der Waals surface area contributed by atoms with Gasteiger partial charge in [-0.3, -0.25) is 19.7 Å². The van der Waals surface area contributed by atoms with E-state index in [2.05, 4.69) is 20.9 Å². The molecule has 1 aromatic carbocycles. The fourth-order valence-electron chi connectivity index (χ4n) is 4.59. The van der Waals surface area contributed by atoms with Crippen molar-refractivity contribution >= 4 is 28.6 Å². The summed E-state index contributed by atoms with van der Waals surface area (Å²) in [5.74, 6) is -1.65. The Morgan fingerprint density at radius 2 is 1.97 bits per heavy atom. The average Bonchev–Trinajstić information content (AvgIpc) is 3.51. The summed E-state index contributed by atoms with van der Waals surface area (Å²) in [6.07, 6.45) is -5.66. The zero-order valence-electron chi connectivity index (χ0n) is 21.9. The van der Waals surface area contributed by atoms with Crippen molar-refractivity contribution in [1.82, 2.24) is 26.3 Å². The van der Waals surface area contributed by atoms with E-state index >= 15 is 0 Å². The molecule has 13 heteroatoms. The van der Waals surface area contributed by atoms with Crippen molar-refractivity contribution in [1.29, 1.82) is 5.26 Å². The summed E-state index contributed by atoms with van der Waals surface area (Å²) in [4.78, 5) is 41.6. The van der Waals surface area contributed by atoms with Gasteiger partial charge in [0.15, 0.2) is 0 Å². The van der Waals surface area contributed by atoms with Gasteiger partial charge < -0.3 is 25.7 Å². The van der Waals surface area contributed by atoms with E-state index < -0.39 is 48.6 Å². The molecule has 2 aromatic rings. The van der Waals surface area contributed by atoms with Crippen molar-refractivity contribution in [2.45, 2.75) is 64.0 Å². The number of hydrogen-bond donors (Lipinski definition) is 5. The first-order valence-corrected chi connectivity index (χ1v) is 12.7.